The average Bonchev–Trinajstić information content (AvgIpc) is 1.98. The van der Waals surface area contributed by atoms with Gasteiger partial charge in [-0.15, -0.1) is 0 Å². The predicted molar refractivity (Wildman–Crippen MR) is 269 cm³/mol. The maximum atomic E-state index is 14.1. The monoisotopic (exact) mass is 1160 g/mol. The van der Waals surface area contributed by atoms with E-state index in [2.05, 4.69) is 5.10 Å². The minimum Gasteiger partial charge on any atom is -0.463 e. The molecule has 2 aromatic heterocycles. The van der Waals surface area contributed by atoms with Gasteiger partial charge in [0, 0.05) is 0 Å². The number of rotatable bonds is 20. The first-order valence-electron chi connectivity index (χ1n) is 25.6. The number of carbonyl (C=O) groups is 2. The first-order valence-corrected chi connectivity index (χ1v) is 27.0. The zero-order chi connectivity index (χ0) is 62.0. The van der Waals surface area contributed by atoms with Crippen LogP contribution < -0.4 is 31.5 Å². The molecule has 4 heterocycles. The molecule has 430 valence electrons. The fourth-order valence-electron chi connectivity index (χ4n) is 7.13. The zero-order valence-corrected chi connectivity index (χ0v) is 44.5. The minimum atomic E-state index is -4.69. The Morgan fingerprint density at radius 2 is 1.16 bits per heavy atom. The molecule has 0 amide bonds. The Balaban J connectivity index is 0.000000304. The van der Waals surface area contributed by atoms with Gasteiger partial charge in [-0.1, -0.05) is 73.9 Å². The van der Waals surface area contributed by atoms with Gasteiger partial charge in [0.2, 0.25) is 11.4 Å². The number of aliphatic hydroxyl groups is 4. The highest BCUT2D eigenvalue weighted by Crippen LogP contribution is 2.52. The molecule has 79 heavy (non-hydrogen) atoms. The molecule has 0 saturated carbocycles. The lowest BCUT2D eigenvalue weighted by molar-refractivity contribution is -0.152. The summed E-state index contributed by atoms with van der Waals surface area (Å²) in [6.45, 7) is -0.181. The third kappa shape index (κ3) is 16.5. The van der Waals surface area contributed by atoms with E-state index in [1.54, 1.807) is 44.8 Å². The van der Waals surface area contributed by atoms with Gasteiger partial charge >= 0.3 is 38.5 Å². The van der Waals surface area contributed by atoms with Crippen LogP contribution in [0, 0.1) is 41.3 Å². The van der Waals surface area contributed by atoms with Gasteiger partial charge in [-0.3, -0.25) is 42.8 Å². The number of hydrogen-bond acceptors (Lipinski definition) is 21. The molecule has 6 rings (SSSR count). The Hall–Kier alpha value is -6.68. The summed E-state index contributed by atoms with van der Waals surface area (Å²) in [6, 6.07) is 14.9. The van der Waals surface area contributed by atoms with Crippen LogP contribution in [0.2, 0.25) is 0 Å². The van der Waals surface area contributed by atoms with Crippen LogP contribution in [0.5, 0.6) is 11.5 Å². The van der Waals surface area contributed by atoms with E-state index in [4.69, 9.17) is 42.5 Å². The number of esters is 2. The number of aromatic amines is 2. The first-order chi connectivity index (χ1) is 38.6. The number of carbonyl (C=O) groups excluding carboxylic acids is 2. The summed E-state index contributed by atoms with van der Waals surface area (Å²) in [5, 5.41) is 47.8. The van der Waals surface area contributed by atoms with Gasteiger partial charge < -0.3 is 48.4 Å². The summed E-state index contributed by atoms with van der Waals surface area (Å²) in [4.78, 5) is 76.1. The number of aromatic nitrogens is 5. The summed E-state index contributed by atoms with van der Waals surface area (Å²) >= 11 is 0. The molecule has 2 aliphatic rings. The van der Waals surface area contributed by atoms with Crippen molar-refractivity contribution in [3.63, 3.8) is 0 Å². The number of ether oxygens (including phenoxy) is 4. The SMILES string of the molecule is [2H]C([2H])(O[P@@](=O)(C[C@@H](C)C(=O)OC(C)C)Oc1ccccc1)[C@H]1O[C@@H](n2cc(F)c(=O)[nH]c2=O)C(O)(C#CCF)[C@H]1O.[2H]C([2H])(O[P@@](=O)(C[C@@H](C)C(=O)OC(C)C)Oc1ccccc1)[C@H]1O[C@@H](n2ncc(=O)[nH]c2=O)C(O)(C#CCF)[C@H]1O. The van der Waals surface area contributed by atoms with E-state index >= 15 is 0 Å². The largest absolute Gasteiger partial charge is 0.463 e. The Kier molecular flexibility index (Phi) is 19.8. The van der Waals surface area contributed by atoms with Crippen LogP contribution in [-0.2, 0) is 46.7 Å². The van der Waals surface area contributed by atoms with Crippen LogP contribution in [0.4, 0.5) is 13.2 Å². The van der Waals surface area contributed by atoms with E-state index in [9.17, 15) is 71.5 Å². The summed E-state index contributed by atoms with van der Waals surface area (Å²) in [5.74, 6) is 2.28. The summed E-state index contributed by atoms with van der Waals surface area (Å²) < 4.78 is 145. The Bertz CT molecular complexity index is 3420. The molecule has 2 unspecified atom stereocenters. The summed E-state index contributed by atoms with van der Waals surface area (Å²) in [7, 11) is -9.34. The molecule has 4 aromatic rings. The van der Waals surface area contributed by atoms with Gasteiger partial charge in [-0.25, -0.2) is 27.5 Å². The number of nitrogens with zero attached hydrogens (tertiary/aromatic N) is 3. The van der Waals surface area contributed by atoms with Crippen LogP contribution in [0.15, 0.2) is 92.2 Å². The molecule has 12 atom stereocenters. The second kappa shape index (κ2) is 27.5. The van der Waals surface area contributed by atoms with Gasteiger partial charge in [0.15, 0.2) is 18.1 Å². The third-order valence-corrected chi connectivity index (χ3v) is 14.5. The number of hydrogen-bond donors (Lipinski definition) is 6. The van der Waals surface area contributed by atoms with Gasteiger partial charge in [0.05, 0.1) is 61.2 Å². The molecule has 25 nitrogen and oxygen atoms in total. The lowest BCUT2D eigenvalue weighted by Gasteiger charge is -2.26. The highest BCUT2D eigenvalue weighted by molar-refractivity contribution is 7.54. The fraction of sp³-hybridized carbons (Fsp3) is 0.490. The normalized spacial score (nSPS) is 25.8. The first kappa shape index (κ1) is 57.0. The molecular weight excluding hydrogens is 1100 g/mol. The molecule has 2 aliphatic heterocycles. The van der Waals surface area contributed by atoms with E-state index in [-0.39, 0.29) is 16.1 Å². The van der Waals surface area contributed by atoms with Crippen molar-refractivity contribution >= 4 is 27.1 Å². The molecule has 0 radical (unpaired) electrons. The molecule has 6 N–H and O–H groups in total. The van der Waals surface area contributed by atoms with Crippen molar-refractivity contribution in [3.8, 4) is 35.2 Å². The molecule has 0 aliphatic carbocycles. The van der Waals surface area contributed by atoms with E-state index < -0.39 is 166 Å². The number of nitrogens with one attached hydrogen (secondary N) is 2. The number of aliphatic hydroxyl groups excluding tert-OH is 2. The van der Waals surface area contributed by atoms with Crippen LogP contribution >= 0.6 is 15.2 Å². The quantitative estimate of drug-likeness (QED) is 0.0420. The lowest BCUT2D eigenvalue weighted by Crippen LogP contribution is -2.49. The van der Waals surface area contributed by atoms with Crippen molar-refractivity contribution in [2.24, 2.45) is 11.8 Å². The van der Waals surface area contributed by atoms with Crippen LogP contribution in [0.1, 0.15) is 59.5 Å². The Labute approximate surface area is 453 Å². The third-order valence-electron chi connectivity index (χ3n) is 10.7. The maximum Gasteiger partial charge on any atom is 0.380 e. The zero-order valence-electron chi connectivity index (χ0n) is 46.7. The van der Waals surface area contributed by atoms with Gasteiger partial charge in [-0.2, -0.15) is 14.2 Å². The van der Waals surface area contributed by atoms with Crippen LogP contribution in [-0.4, -0.2) is 143 Å². The smallest absolute Gasteiger partial charge is 0.380 e. The van der Waals surface area contributed by atoms with E-state index in [1.165, 1.54) is 62.4 Å². The van der Waals surface area contributed by atoms with Crippen LogP contribution in [0.3, 0.4) is 0 Å². The second-order valence-electron chi connectivity index (χ2n) is 17.8. The number of H-pyrrole nitrogens is 2. The maximum absolute atomic E-state index is 14.1. The fourth-order valence-corrected chi connectivity index (χ4v) is 10.6. The van der Waals surface area contributed by atoms with Gasteiger partial charge in [0.25, 0.3) is 11.1 Å². The van der Waals surface area contributed by atoms with Crippen molar-refractivity contribution in [1.29, 1.82) is 0 Å². The standard InChI is InChI=1S/C25H29F2N2O10P.C24H29FN3O10P/c1-15(2)37-22(32)16(3)14-40(35,39-17-8-5-4-6-9-17)36-13-19-20(30)25(34,10-7-11-26)23(38-19)29-12-18(27)21(31)28-24(29)33;1-15(2)36-21(31)16(3)14-39(34,38-17-8-5-4-6-9-17)35-13-18-20(30)24(33,10-7-11-25)22(37-18)28-23(32)27-19(29)12-26-28/h4-6,8-9,12,15-16,19-20,23,30,34H,11,13-14H2,1-3H3,(H,28,31,33);4-6,8-9,12,15-16,18,20,22,30,33H,11,13-14H2,1-3H3,(H,27,29,32)/t16-,19-,20+,23-,25?,40+;16-,18-,20+,22-,24?,39+/m11/s1/i2*13D2. The lowest BCUT2D eigenvalue weighted by atomic mass is 9.94. The Morgan fingerprint density at radius 3 is 1.58 bits per heavy atom. The Morgan fingerprint density at radius 1 is 0.734 bits per heavy atom. The van der Waals surface area contributed by atoms with E-state index in [1.807, 2.05) is 28.7 Å². The summed E-state index contributed by atoms with van der Waals surface area (Å²) in [6.07, 6.45) is -15.1. The minimum absolute atomic E-state index is 0.00358. The van der Waals surface area contributed by atoms with Crippen molar-refractivity contribution in [2.75, 3.05) is 38.8 Å². The van der Waals surface area contributed by atoms with Crippen molar-refractivity contribution in [1.82, 2.24) is 24.3 Å². The summed E-state index contributed by atoms with van der Waals surface area (Å²) in [5.41, 5.74) is -10.7. The van der Waals surface area contributed by atoms with Gasteiger partial charge in [0.1, 0.15) is 55.5 Å². The molecule has 30 heteroatoms. The number of benzene rings is 2. The number of para-hydroxylation sites is 2. The second-order valence-corrected chi connectivity index (χ2v) is 21.7. The highest BCUT2D eigenvalue weighted by Gasteiger charge is 2.58. The highest BCUT2D eigenvalue weighted by atomic mass is 31.2. The molecule has 2 aromatic carbocycles. The predicted octanol–water partition coefficient (Wildman–Crippen LogP) is 2.28. The molecule has 2 saturated heterocycles. The van der Waals surface area contributed by atoms with Crippen molar-refractivity contribution < 1.29 is 94.8 Å². The van der Waals surface area contributed by atoms with Crippen molar-refractivity contribution in [2.45, 2.75) is 102 Å². The van der Waals surface area contributed by atoms with Gasteiger partial charge in [-0.05, 0) is 52.0 Å². The number of halogens is 3. The van der Waals surface area contributed by atoms with E-state index in [0.717, 1.165) is 0 Å². The molecule has 0 spiro atoms. The topological polar surface area (TPSA) is 346 Å². The van der Waals surface area contributed by atoms with Crippen LogP contribution in [0.25, 0.3) is 0 Å². The average molecular weight is 1160 g/mol. The van der Waals surface area contributed by atoms with E-state index in [0.29, 0.717) is 17.1 Å². The molecule has 0 bridgehead atoms. The molecule has 2 fully saturated rings. The van der Waals surface area contributed by atoms with Crippen molar-refractivity contribution in [3.05, 3.63) is 121 Å². The molecular formula is C49H58F3N5O20P2. The number of alkyl halides is 2.